The van der Waals surface area contributed by atoms with Crippen molar-refractivity contribution in [3.05, 3.63) is 95.3 Å². The third kappa shape index (κ3) is 8.49. The van der Waals surface area contributed by atoms with Crippen LogP contribution < -0.4 is 15.3 Å². The molecular formula is C34H39ClN5O6P. The van der Waals surface area contributed by atoms with E-state index in [4.69, 9.17) is 40.8 Å². The van der Waals surface area contributed by atoms with Crippen molar-refractivity contribution in [1.29, 1.82) is 0 Å². The number of nitrogen functional groups attached to an aromatic ring is 1. The quantitative estimate of drug-likeness (QED) is 0.0943. The Balaban J connectivity index is 1.54. The van der Waals surface area contributed by atoms with Crippen LogP contribution in [0.2, 0.25) is 5.02 Å². The Bertz CT molecular complexity index is 1900. The number of rotatable bonds is 13. The first-order chi connectivity index (χ1) is 22.4. The molecule has 0 aliphatic rings. The predicted octanol–water partition coefficient (Wildman–Crippen LogP) is 7.62. The Labute approximate surface area is 278 Å². The van der Waals surface area contributed by atoms with Crippen LogP contribution in [-0.2, 0) is 36.5 Å². The second-order valence-electron chi connectivity index (χ2n) is 12.0. The molecule has 11 nitrogen and oxygen atoms in total. The number of carbonyl (C=O) groups is 1. The molecule has 5 aromatic rings. The van der Waals surface area contributed by atoms with Crippen molar-refractivity contribution in [1.82, 2.24) is 19.6 Å². The summed E-state index contributed by atoms with van der Waals surface area (Å²) in [5, 5.41) is 4.20. The highest BCUT2D eigenvalue weighted by Crippen LogP contribution is 2.48. The number of halogens is 1. The Kier molecular flexibility index (Phi) is 10.5. The lowest BCUT2D eigenvalue weighted by Crippen LogP contribution is -2.35. The van der Waals surface area contributed by atoms with E-state index in [1.807, 2.05) is 41.8 Å². The number of hydrogen-bond acceptors (Lipinski definition) is 9. The van der Waals surface area contributed by atoms with Crippen molar-refractivity contribution in [2.75, 3.05) is 12.3 Å². The summed E-state index contributed by atoms with van der Waals surface area (Å²) in [5.41, 5.74) is 8.05. The van der Waals surface area contributed by atoms with E-state index >= 15 is 0 Å². The van der Waals surface area contributed by atoms with Gasteiger partial charge in [0, 0.05) is 17.0 Å². The molecule has 5 rings (SSSR count). The minimum Gasteiger partial charge on any atom is -0.459 e. The molecule has 1 unspecified atom stereocenters. The molecule has 0 bridgehead atoms. The molecule has 0 radical (unpaired) electrons. The van der Waals surface area contributed by atoms with Crippen molar-refractivity contribution in [3.8, 4) is 5.75 Å². The van der Waals surface area contributed by atoms with E-state index in [0.29, 0.717) is 34.1 Å². The van der Waals surface area contributed by atoms with E-state index in [1.165, 1.54) is 0 Å². The summed E-state index contributed by atoms with van der Waals surface area (Å²) in [7, 11) is -4.32. The van der Waals surface area contributed by atoms with E-state index in [2.05, 4.69) is 10.1 Å². The number of nitrogens with one attached hydrogen (secondary N) is 1. The van der Waals surface area contributed by atoms with Gasteiger partial charge in [-0.2, -0.15) is 5.09 Å². The second-order valence-corrected chi connectivity index (χ2v) is 14.0. The molecule has 3 aromatic carbocycles. The number of aromatic nitrogens is 3. The van der Waals surface area contributed by atoms with Crippen molar-refractivity contribution in [2.45, 2.75) is 65.5 Å². The van der Waals surface area contributed by atoms with Gasteiger partial charge in [-0.05, 0) is 70.5 Å². The van der Waals surface area contributed by atoms with Gasteiger partial charge in [0.1, 0.15) is 35.3 Å². The number of benzene rings is 3. The summed E-state index contributed by atoms with van der Waals surface area (Å²) < 4.78 is 40.5. The zero-order chi connectivity index (χ0) is 33.8. The minimum absolute atomic E-state index is 0.185. The number of nitrogens with two attached hydrogens (primary N) is 1. The number of ether oxygens (including phenoxy) is 2. The first kappa shape index (κ1) is 34.3. The summed E-state index contributed by atoms with van der Waals surface area (Å²) in [4.78, 5) is 22.9. The maximum Gasteiger partial charge on any atom is 0.460 e. The van der Waals surface area contributed by atoms with Crippen LogP contribution in [0.3, 0.4) is 0 Å². The fourth-order valence-electron chi connectivity index (χ4n) is 5.07. The number of carbonyl (C=O) groups excluding carboxylic acids is 1. The number of nitrogens with zero attached hydrogens (tertiary/aromatic N) is 3. The van der Waals surface area contributed by atoms with Crippen LogP contribution in [0.4, 0.5) is 5.82 Å². The predicted molar refractivity (Wildman–Crippen MR) is 183 cm³/mol. The molecule has 0 saturated heterocycles. The molecule has 0 fully saturated rings. The average Bonchev–Trinajstić information content (AvgIpc) is 3.38. The van der Waals surface area contributed by atoms with E-state index in [-0.39, 0.29) is 24.7 Å². The molecule has 2 aromatic heterocycles. The van der Waals surface area contributed by atoms with Crippen molar-refractivity contribution in [3.63, 3.8) is 0 Å². The second kappa shape index (κ2) is 14.4. The van der Waals surface area contributed by atoms with Gasteiger partial charge in [0.15, 0.2) is 5.82 Å². The summed E-state index contributed by atoms with van der Waals surface area (Å²) in [6.07, 6.45) is -0.748. The highest BCUT2D eigenvalue weighted by Gasteiger charge is 2.38. The monoisotopic (exact) mass is 679 g/mol. The summed E-state index contributed by atoms with van der Waals surface area (Å²) in [5.74, 6) is 0.460. The summed E-state index contributed by atoms with van der Waals surface area (Å²) in [6, 6.07) is 21.6. The topological polar surface area (TPSA) is 140 Å². The number of pyridine rings is 1. The molecule has 13 heteroatoms. The van der Waals surface area contributed by atoms with Crippen LogP contribution >= 0.6 is 19.3 Å². The zero-order valence-electron chi connectivity index (χ0n) is 27.0. The van der Waals surface area contributed by atoms with Gasteiger partial charge >= 0.3 is 13.7 Å². The van der Waals surface area contributed by atoms with Gasteiger partial charge in [-0.15, -0.1) is 0 Å². The van der Waals surface area contributed by atoms with Gasteiger partial charge in [-0.3, -0.25) is 4.52 Å². The molecule has 0 aliphatic heterocycles. The highest BCUT2D eigenvalue weighted by atomic mass is 35.5. The van der Waals surface area contributed by atoms with Crippen LogP contribution in [0.15, 0.2) is 78.9 Å². The fourth-order valence-corrected chi connectivity index (χ4v) is 6.87. The molecule has 2 heterocycles. The largest absolute Gasteiger partial charge is 0.460 e. The normalized spacial score (nSPS) is 14.5. The number of anilines is 1. The lowest BCUT2D eigenvalue weighted by molar-refractivity contribution is -0.157. The van der Waals surface area contributed by atoms with E-state index in [1.54, 1.807) is 76.2 Å². The van der Waals surface area contributed by atoms with Crippen LogP contribution in [0, 0.1) is 0 Å². The number of fused-ring (bicyclic) bond motifs is 3. The molecule has 0 spiro atoms. The van der Waals surface area contributed by atoms with E-state index in [0.717, 1.165) is 10.9 Å². The summed E-state index contributed by atoms with van der Waals surface area (Å²) >= 11 is 6.10. The lowest BCUT2D eigenvalue weighted by Gasteiger charge is -2.29. The fraction of sp³-hybridized carbons (Fsp3) is 0.324. The minimum atomic E-state index is -4.32. The van der Waals surface area contributed by atoms with Crippen LogP contribution in [0.1, 0.15) is 52.0 Å². The van der Waals surface area contributed by atoms with Gasteiger partial charge in [0.25, 0.3) is 0 Å². The van der Waals surface area contributed by atoms with E-state index in [9.17, 15) is 9.36 Å². The Morgan fingerprint density at radius 1 is 1.02 bits per heavy atom. The molecule has 0 saturated carbocycles. The molecule has 47 heavy (non-hydrogen) atoms. The standard InChI is InChI=1S/C34H39ClN5O6P/c1-6-43-21-28-38-30-31(26-14-10-11-15-27(26)37-32(30)36)40(28)20-22(2)45-47(42,46-25-18-16-24(35)17-19-25)39-29(23-12-8-7-9-13-23)33(41)44-34(3,4)5/h7-19,22,29H,6,20-21H2,1-5H3,(H2,36,37)(H,39,42)/t22-,29+,47?/m1/s1. The van der Waals surface area contributed by atoms with Crippen LogP contribution in [0.5, 0.6) is 5.75 Å². The van der Waals surface area contributed by atoms with Gasteiger partial charge in [-0.25, -0.2) is 19.3 Å². The van der Waals surface area contributed by atoms with Crippen molar-refractivity contribution in [2.24, 2.45) is 0 Å². The Hall–Kier alpha value is -3.99. The lowest BCUT2D eigenvalue weighted by atomic mass is 10.1. The van der Waals surface area contributed by atoms with Gasteiger partial charge in [0.05, 0.1) is 23.7 Å². The number of imidazole rings is 1. The maximum atomic E-state index is 14.8. The summed E-state index contributed by atoms with van der Waals surface area (Å²) in [6.45, 7) is 9.80. The van der Waals surface area contributed by atoms with Crippen LogP contribution in [0.25, 0.3) is 21.9 Å². The number of para-hydroxylation sites is 1. The van der Waals surface area contributed by atoms with Crippen LogP contribution in [-0.4, -0.2) is 38.8 Å². The maximum absolute atomic E-state index is 14.8. The van der Waals surface area contributed by atoms with Gasteiger partial charge in [0.2, 0.25) is 0 Å². The molecular weight excluding hydrogens is 641 g/mol. The third-order valence-electron chi connectivity index (χ3n) is 6.98. The SMILES string of the molecule is CCOCc1nc2c(N)nc3ccccc3c2n1C[C@@H](C)OP(=O)(N[C@H](C(=O)OC(C)(C)C)c1ccccc1)Oc1ccc(Cl)cc1. The molecule has 3 atom stereocenters. The van der Waals surface area contributed by atoms with Crippen molar-refractivity contribution >= 4 is 53.1 Å². The van der Waals surface area contributed by atoms with Gasteiger partial charge < -0.3 is 24.3 Å². The molecule has 3 N–H and O–H groups in total. The van der Waals surface area contributed by atoms with Gasteiger partial charge in [-0.1, -0.05) is 60.1 Å². The smallest absolute Gasteiger partial charge is 0.459 e. The Morgan fingerprint density at radius 2 is 1.70 bits per heavy atom. The Morgan fingerprint density at radius 3 is 2.38 bits per heavy atom. The highest BCUT2D eigenvalue weighted by molar-refractivity contribution is 7.52. The molecule has 0 aliphatic carbocycles. The number of hydrogen-bond donors (Lipinski definition) is 2. The van der Waals surface area contributed by atoms with Crippen molar-refractivity contribution < 1.29 is 27.9 Å². The average molecular weight is 680 g/mol. The number of esters is 1. The molecule has 0 amide bonds. The zero-order valence-corrected chi connectivity index (χ0v) is 28.6. The third-order valence-corrected chi connectivity index (χ3v) is 8.90. The van der Waals surface area contributed by atoms with E-state index < -0.39 is 31.5 Å². The molecule has 248 valence electrons. The first-order valence-electron chi connectivity index (χ1n) is 15.3. The first-order valence-corrected chi connectivity index (χ1v) is 17.2.